The minimum atomic E-state index is -0.508. The van der Waals surface area contributed by atoms with E-state index in [1.54, 1.807) is 6.07 Å². The predicted octanol–water partition coefficient (Wildman–Crippen LogP) is 2.76. The van der Waals surface area contributed by atoms with Gasteiger partial charge in [-0.25, -0.2) is 4.79 Å². The second kappa shape index (κ2) is 8.62. The van der Waals surface area contributed by atoms with Crippen LogP contribution in [0.3, 0.4) is 0 Å². The summed E-state index contributed by atoms with van der Waals surface area (Å²) in [5, 5.41) is 26.0. The monoisotopic (exact) mass is 383 g/mol. The zero-order valence-corrected chi connectivity index (χ0v) is 15.7. The fourth-order valence-electron chi connectivity index (χ4n) is 3.04. The summed E-state index contributed by atoms with van der Waals surface area (Å²) in [6.45, 7) is 3.81. The van der Waals surface area contributed by atoms with Crippen LogP contribution >= 0.6 is 0 Å². The number of carbonyl (C=O) groups is 1. The highest BCUT2D eigenvalue weighted by Gasteiger charge is 2.15. The van der Waals surface area contributed by atoms with Crippen LogP contribution in [-0.2, 0) is 0 Å². The fourth-order valence-corrected chi connectivity index (χ4v) is 3.04. The molecule has 0 aromatic heterocycles. The molecule has 1 heterocycles. The summed E-state index contributed by atoms with van der Waals surface area (Å²) in [4.78, 5) is 12.3. The standard InChI is InChI=1S/C20H25N5O3/c1-12-10-15(28-14-6-8-23-9-7-14)3-4-16(12)24-20(27)25-17-11-13(19(21)22)2-5-18(17)26/h2-5,10-11,14,23,26H,6-9H2,1H3,(H3,21,22)(H2,24,25,27). The molecule has 0 aliphatic carbocycles. The molecule has 1 aliphatic rings. The quantitative estimate of drug-likeness (QED) is 0.268. The molecule has 1 saturated heterocycles. The summed E-state index contributed by atoms with van der Waals surface area (Å²) in [5.41, 5.74) is 7.53. The van der Waals surface area contributed by atoms with Crippen molar-refractivity contribution in [3.63, 3.8) is 0 Å². The van der Waals surface area contributed by atoms with Gasteiger partial charge in [-0.3, -0.25) is 5.41 Å². The Morgan fingerprint density at radius 3 is 2.57 bits per heavy atom. The van der Waals surface area contributed by atoms with Gasteiger partial charge in [0.15, 0.2) is 0 Å². The van der Waals surface area contributed by atoms with E-state index in [1.807, 2.05) is 19.1 Å². The zero-order chi connectivity index (χ0) is 20.1. The van der Waals surface area contributed by atoms with Gasteiger partial charge in [0, 0.05) is 11.3 Å². The maximum Gasteiger partial charge on any atom is 0.323 e. The first-order chi connectivity index (χ1) is 13.4. The summed E-state index contributed by atoms with van der Waals surface area (Å²) in [6, 6.07) is 9.34. The smallest absolute Gasteiger partial charge is 0.323 e. The number of anilines is 2. The number of phenols is 1. The first-order valence-electron chi connectivity index (χ1n) is 9.16. The lowest BCUT2D eigenvalue weighted by molar-refractivity contribution is 0.162. The lowest BCUT2D eigenvalue weighted by atomic mass is 10.1. The molecule has 2 amide bonds. The summed E-state index contributed by atoms with van der Waals surface area (Å²) < 4.78 is 6.01. The van der Waals surface area contributed by atoms with E-state index < -0.39 is 6.03 Å². The van der Waals surface area contributed by atoms with Crippen LogP contribution in [0.4, 0.5) is 16.2 Å². The number of aromatic hydroxyl groups is 1. The van der Waals surface area contributed by atoms with Crippen molar-refractivity contribution in [2.24, 2.45) is 5.73 Å². The molecule has 0 spiro atoms. The highest BCUT2D eigenvalue weighted by molar-refractivity contribution is 6.03. The Morgan fingerprint density at radius 2 is 1.89 bits per heavy atom. The molecule has 0 unspecified atom stereocenters. The maximum absolute atomic E-state index is 12.3. The third-order valence-electron chi connectivity index (χ3n) is 4.59. The Morgan fingerprint density at radius 1 is 1.18 bits per heavy atom. The van der Waals surface area contributed by atoms with Crippen LogP contribution in [-0.4, -0.2) is 36.2 Å². The SMILES string of the molecule is Cc1cc(OC2CCNCC2)ccc1NC(=O)Nc1cc(C(=N)N)ccc1O. The van der Waals surface area contributed by atoms with E-state index in [-0.39, 0.29) is 23.4 Å². The third-order valence-corrected chi connectivity index (χ3v) is 4.59. The van der Waals surface area contributed by atoms with Crippen molar-refractivity contribution in [1.29, 1.82) is 5.41 Å². The Hall–Kier alpha value is -3.26. The number of urea groups is 1. The van der Waals surface area contributed by atoms with Crippen LogP contribution in [0.25, 0.3) is 0 Å². The minimum Gasteiger partial charge on any atom is -0.506 e. The number of amidine groups is 1. The zero-order valence-electron chi connectivity index (χ0n) is 15.7. The first-order valence-corrected chi connectivity index (χ1v) is 9.16. The molecule has 7 N–H and O–H groups in total. The molecule has 8 nitrogen and oxygen atoms in total. The fraction of sp³-hybridized carbons (Fsp3) is 0.300. The molecule has 148 valence electrons. The second-order valence-corrected chi connectivity index (χ2v) is 6.77. The number of ether oxygens (including phenoxy) is 1. The highest BCUT2D eigenvalue weighted by Crippen LogP contribution is 2.26. The number of hydrogen-bond acceptors (Lipinski definition) is 5. The molecule has 28 heavy (non-hydrogen) atoms. The molecular formula is C20H25N5O3. The van der Waals surface area contributed by atoms with E-state index in [1.165, 1.54) is 18.2 Å². The minimum absolute atomic E-state index is 0.109. The van der Waals surface area contributed by atoms with Crippen molar-refractivity contribution in [3.8, 4) is 11.5 Å². The van der Waals surface area contributed by atoms with Gasteiger partial charge in [-0.1, -0.05) is 0 Å². The van der Waals surface area contributed by atoms with Crippen LogP contribution in [0.2, 0.25) is 0 Å². The summed E-state index contributed by atoms with van der Waals surface area (Å²) >= 11 is 0. The molecule has 1 fully saturated rings. The summed E-state index contributed by atoms with van der Waals surface area (Å²) in [7, 11) is 0. The van der Waals surface area contributed by atoms with Crippen molar-refractivity contribution in [1.82, 2.24) is 5.32 Å². The van der Waals surface area contributed by atoms with Crippen molar-refractivity contribution < 1.29 is 14.6 Å². The van der Waals surface area contributed by atoms with Gasteiger partial charge in [-0.15, -0.1) is 0 Å². The van der Waals surface area contributed by atoms with Crippen molar-refractivity contribution in [3.05, 3.63) is 47.5 Å². The van der Waals surface area contributed by atoms with Crippen LogP contribution in [0.1, 0.15) is 24.0 Å². The van der Waals surface area contributed by atoms with Crippen LogP contribution in [0.5, 0.6) is 11.5 Å². The van der Waals surface area contributed by atoms with Gasteiger partial charge in [0.05, 0.1) is 5.69 Å². The highest BCUT2D eigenvalue weighted by atomic mass is 16.5. The van der Waals surface area contributed by atoms with E-state index in [2.05, 4.69) is 16.0 Å². The van der Waals surface area contributed by atoms with Crippen LogP contribution in [0, 0.1) is 12.3 Å². The van der Waals surface area contributed by atoms with E-state index >= 15 is 0 Å². The molecule has 0 bridgehead atoms. The Kier molecular flexibility index (Phi) is 6.00. The lowest BCUT2D eigenvalue weighted by Crippen LogP contribution is -2.34. The summed E-state index contributed by atoms with van der Waals surface area (Å²) in [6.07, 6.45) is 2.16. The molecule has 2 aromatic rings. The van der Waals surface area contributed by atoms with Crippen molar-refractivity contribution >= 4 is 23.2 Å². The number of nitrogen functional groups attached to an aromatic ring is 1. The lowest BCUT2D eigenvalue weighted by Gasteiger charge is -2.24. The number of benzene rings is 2. The van der Waals surface area contributed by atoms with E-state index in [9.17, 15) is 9.90 Å². The number of aryl methyl sites for hydroxylation is 1. The number of hydrogen-bond donors (Lipinski definition) is 6. The van der Waals surface area contributed by atoms with E-state index in [4.69, 9.17) is 15.9 Å². The number of phenolic OH excluding ortho intramolecular Hbond substituents is 1. The van der Waals surface area contributed by atoms with Crippen LogP contribution < -0.4 is 26.4 Å². The molecule has 1 aliphatic heterocycles. The van der Waals surface area contributed by atoms with E-state index in [0.29, 0.717) is 11.3 Å². The van der Waals surface area contributed by atoms with Gasteiger partial charge in [-0.05, 0) is 74.8 Å². The summed E-state index contributed by atoms with van der Waals surface area (Å²) in [5.74, 6) is 0.522. The van der Waals surface area contributed by atoms with Crippen molar-refractivity contribution in [2.45, 2.75) is 25.9 Å². The largest absolute Gasteiger partial charge is 0.506 e. The average molecular weight is 383 g/mol. The van der Waals surface area contributed by atoms with Crippen molar-refractivity contribution in [2.75, 3.05) is 23.7 Å². The molecule has 8 heteroatoms. The van der Waals surface area contributed by atoms with Crippen LogP contribution in [0.15, 0.2) is 36.4 Å². The molecule has 0 saturated carbocycles. The Bertz CT molecular complexity index is 878. The molecule has 0 radical (unpaired) electrons. The van der Waals surface area contributed by atoms with Gasteiger partial charge in [0.1, 0.15) is 23.4 Å². The Balaban J connectivity index is 1.64. The first kappa shape index (κ1) is 19.5. The normalized spacial score (nSPS) is 14.3. The molecular weight excluding hydrogens is 358 g/mol. The van der Waals surface area contributed by atoms with Gasteiger partial charge in [0.2, 0.25) is 0 Å². The van der Waals surface area contributed by atoms with Gasteiger partial charge in [0.25, 0.3) is 0 Å². The predicted molar refractivity (Wildman–Crippen MR) is 109 cm³/mol. The molecule has 3 rings (SSSR count). The topological polar surface area (TPSA) is 132 Å². The third kappa shape index (κ3) is 4.92. The number of piperidine rings is 1. The number of carbonyl (C=O) groups excluding carboxylic acids is 1. The van der Waals surface area contributed by atoms with E-state index in [0.717, 1.165) is 37.2 Å². The number of nitrogens with one attached hydrogen (secondary N) is 4. The maximum atomic E-state index is 12.3. The Labute approximate surface area is 163 Å². The molecule has 2 aromatic carbocycles. The number of nitrogens with two attached hydrogens (primary N) is 1. The van der Waals surface area contributed by atoms with Gasteiger partial charge < -0.3 is 31.5 Å². The average Bonchev–Trinajstić information content (AvgIpc) is 2.66. The molecule has 0 atom stereocenters. The number of amides is 2. The van der Waals surface area contributed by atoms with Gasteiger partial charge >= 0.3 is 6.03 Å². The van der Waals surface area contributed by atoms with Gasteiger partial charge in [-0.2, -0.15) is 0 Å². The second-order valence-electron chi connectivity index (χ2n) is 6.77. The number of rotatable bonds is 5.